The first kappa shape index (κ1) is 24.5. The molecule has 0 aliphatic rings. The van der Waals surface area contributed by atoms with E-state index in [1.54, 1.807) is 42.2 Å². The molecule has 1 amide bonds. The molecule has 1 atom stereocenters. The number of alkyl halides is 3. The number of halogens is 4. The zero-order chi connectivity index (χ0) is 25.2. The fourth-order valence-electron chi connectivity index (χ4n) is 3.12. The second kappa shape index (κ2) is 9.92. The number of rotatable bonds is 7. The number of nitrogens with one attached hydrogen (secondary N) is 1. The lowest BCUT2D eigenvalue weighted by Gasteiger charge is -2.10. The molecular weight excluding hydrogens is 505 g/mol. The molecule has 35 heavy (non-hydrogen) atoms. The standard InChI is InChI=1S/C22H16ClF3N6O2S/c1-12(6-17(33)16-10-32(11-30-16)13-2-4-27-5-3-13)21-29-9-18(35-21)20(34)31-19-7-14(22(24,25)26)15(23)8-28-19/h2-5,7-12H,6H2,1H3,(H,28,31,34)/t12-/m0/s1. The Morgan fingerprint density at radius 3 is 2.63 bits per heavy atom. The molecule has 0 radical (unpaired) electrons. The van der Waals surface area contributed by atoms with Gasteiger partial charge in [-0.25, -0.2) is 15.0 Å². The van der Waals surface area contributed by atoms with E-state index in [0.717, 1.165) is 23.2 Å². The minimum Gasteiger partial charge on any atom is -0.306 e. The number of anilines is 1. The average molecular weight is 521 g/mol. The second-order valence-corrected chi connectivity index (χ2v) is 8.93. The van der Waals surface area contributed by atoms with Crippen LogP contribution in [0.4, 0.5) is 19.0 Å². The van der Waals surface area contributed by atoms with Crippen molar-refractivity contribution in [3.05, 3.63) is 81.7 Å². The molecular formula is C22H16ClF3N6O2S. The summed E-state index contributed by atoms with van der Waals surface area (Å²) in [5.74, 6) is -1.48. The van der Waals surface area contributed by atoms with Crippen molar-refractivity contribution in [2.45, 2.75) is 25.4 Å². The van der Waals surface area contributed by atoms with E-state index in [1.807, 2.05) is 0 Å². The molecule has 0 unspecified atom stereocenters. The number of carbonyl (C=O) groups excluding carboxylic acids is 2. The van der Waals surface area contributed by atoms with Gasteiger partial charge >= 0.3 is 6.18 Å². The summed E-state index contributed by atoms with van der Waals surface area (Å²) in [7, 11) is 0. The molecule has 4 heterocycles. The third kappa shape index (κ3) is 5.72. The highest BCUT2D eigenvalue weighted by atomic mass is 35.5. The number of imidazole rings is 1. The lowest BCUT2D eigenvalue weighted by Crippen LogP contribution is -2.13. The average Bonchev–Trinajstić information content (AvgIpc) is 3.51. The van der Waals surface area contributed by atoms with E-state index in [9.17, 15) is 22.8 Å². The Bertz CT molecular complexity index is 1370. The van der Waals surface area contributed by atoms with E-state index in [2.05, 4.69) is 25.3 Å². The summed E-state index contributed by atoms with van der Waals surface area (Å²) in [6.45, 7) is 1.79. The van der Waals surface area contributed by atoms with E-state index >= 15 is 0 Å². The van der Waals surface area contributed by atoms with Crippen LogP contribution in [0.25, 0.3) is 5.69 Å². The predicted molar refractivity (Wildman–Crippen MR) is 123 cm³/mol. The molecule has 0 aliphatic carbocycles. The number of hydrogen-bond acceptors (Lipinski definition) is 7. The van der Waals surface area contributed by atoms with Crippen molar-refractivity contribution in [2.24, 2.45) is 0 Å². The largest absolute Gasteiger partial charge is 0.418 e. The van der Waals surface area contributed by atoms with Crippen LogP contribution in [0.15, 0.2) is 55.5 Å². The number of amides is 1. The van der Waals surface area contributed by atoms with Crippen LogP contribution in [-0.2, 0) is 6.18 Å². The van der Waals surface area contributed by atoms with Crippen molar-refractivity contribution in [2.75, 3.05) is 5.32 Å². The first-order valence-corrected chi connectivity index (χ1v) is 11.3. The van der Waals surface area contributed by atoms with Gasteiger partial charge in [-0.3, -0.25) is 14.6 Å². The number of ketones is 1. The first-order chi connectivity index (χ1) is 16.6. The number of nitrogens with zero attached hydrogens (tertiary/aromatic N) is 5. The minimum absolute atomic E-state index is 0.107. The number of thiazole rings is 1. The van der Waals surface area contributed by atoms with E-state index in [0.29, 0.717) is 11.1 Å². The van der Waals surface area contributed by atoms with Gasteiger partial charge in [-0.05, 0) is 18.2 Å². The minimum atomic E-state index is -4.69. The molecule has 8 nitrogen and oxygen atoms in total. The van der Waals surface area contributed by atoms with Gasteiger partial charge in [0.05, 0.1) is 21.8 Å². The highest BCUT2D eigenvalue weighted by Crippen LogP contribution is 2.35. The fourth-order valence-corrected chi connectivity index (χ4v) is 4.19. The summed E-state index contributed by atoms with van der Waals surface area (Å²) in [5.41, 5.74) is -0.00172. The Morgan fingerprint density at radius 2 is 1.91 bits per heavy atom. The third-order valence-corrected chi connectivity index (χ3v) is 6.42. The molecule has 1 N–H and O–H groups in total. The monoisotopic (exact) mass is 520 g/mol. The number of aromatic nitrogens is 5. The Labute approximate surface area is 205 Å². The zero-order valence-corrected chi connectivity index (χ0v) is 19.5. The highest BCUT2D eigenvalue weighted by Gasteiger charge is 2.34. The van der Waals surface area contributed by atoms with Gasteiger partial charge in [0.2, 0.25) is 0 Å². The maximum atomic E-state index is 13.0. The summed E-state index contributed by atoms with van der Waals surface area (Å²) >= 11 is 6.59. The van der Waals surface area contributed by atoms with Crippen molar-refractivity contribution in [1.82, 2.24) is 24.5 Å². The van der Waals surface area contributed by atoms with Crippen LogP contribution in [0.1, 0.15) is 50.0 Å². The van der Waals surface area contributed by atoms with Crippen LogP contribution in [0.2, 0.25) is 5.02 Å². The molecule has 180 valence electrons. The van der Waals surface area contributed by atoms with E-state index in [1.165, 1.54) is 12.5 Å². The molecule has 0 spiro atoms. The van der Waals surface area contributed by atoms with Gasteiger partial charge in [-0.2, -0.15) is 13.2 Å². The zero-order valence-electron chi connectivity index (χ0n) is 18.0. The van der Waals surface area contributed by atoms with Crippen molar-refractivity contribution in [3.8, 4) is 5.69 Å². The molecule has 4 aromatic heterocycles. The summed E-state index contributed by atoms with van der Waals surface area (Å²) in [6, 6.07) is 4.23. The van der Waals surface area contributed by atoms with Crippen LogP contribution in [-0.4, -0.2) is 36.2 Å². The lowest BCUT2D eigenvalue weighted by molar-refractivity contribution is -0.137. The van der Waals surface area contributed by atoms with Crippen molar-refractivity contribution in [3.63, 3.8) is 0 Å². The maximum absolute atomic E-state index is 13.0. The highest BCUT2D eigenvalue weighted by molar-refractivity contribution is 7.13. The summed E-state index contributed by atoms with van der Waals surface area (Å²) in [6.07, 6.45) is 3.97. The third-order valence-electron chi connectivity index (χ3n) is 4.89. The predicted octanol–water partition coefficient (Wildman–Crippen LogP) is 5.42. The molecule has 0 saturated heterocycles. The maximum Gasteiger partial charge on any atom is 0.418 e. The SMILES string of the molecule is C[C@@H](CC(=O)c1cn(-c2ccncc2)cn1)c1ncc(C(=O)Nc2cc(C(F)(F)F)c(Cl)cn2)s1. The van der Waals surface area contributed by atoms with Crippen LogP contribution in [0.3, 0.4) is 0 Å². The van der Waals surface area contributed by atoms with Crippen molar-refractivity contribution >= 4 is 40.4 Å². The van der Waals surface area contributed by atoms with Crippen molar-refractivity contribution in [1.29, 1.82) is 0 Å². The molecule has 4 aromatic rings. The van der Waals surface area contributed by atoms with Gasteiger partial charge in [0.1, 0.15) is 22.7 Å². The molecule has 0 aromatic carbocycles. The summed E-state index contributed by atoms with van der Waals surface area (Å²) < 4.78 is 40.8. The van der Waals surface area contributed by atoms with Gasteiger partial charge in [0, 0.05) is 42.8 Å². The molecule has 0 saturated carbocycles. The second-order valence-electron chi connectivity index (χ2n) is 7.46. The van der Waals surface area contributed by atoms with E-state index in [-0.39, 0.29) is 34.5 Å². The smallest absolute Gasteiger partial charge is 0.306 e. The Balaban J connectivity index is 1.41. The molecule has 13 heteroatoms. The van der Waals surface area contributed by atoms with Crippen LogP contribution in [0, 0.1) is 0 Å². The van der Waals surface area contributed by atoms with Gasteiger partial charge in [-0.15, -0.1) is 11.3 Å². The first-order valence-electron chi connectivity index (χ1n) is 10.1. The summed E-state index contributed by atoms with van der Waals surface area (Å²) in [5, 5.41) is 2.27. The van der Waals surface area contributed by atoms with Gasteiger partial charge in [-0.1, -0.05) is 18.5 Å². The Hall–Kier alpha value is -3.64. The van der Waals surface area contributed by atoms with Gasteiger partial charge in [0.25, 0.3) is 5.91 Å². The van der Waals surface area contributed by atoms with E-state index < -0.39 is 22.7 Å². The Kier molecular flexibility index (Phi) is 6.94. The van der Waals surface area contributed by atoms with Gasteiger partial charge < -0.3 is 9.88 Å². The van der Waals surface area contributed by atoms with Crippen LogP contribution in [0.5, 0.6) is 0 Å². The fraction of sp³-hybridized carbons (Fsp3) is 0.182. The van der Waals surface area contributed by atoms with Crippen molar-refractivity contribution < 1.29 is 22.8 Å². The molecule has 0 bridgehead atoms. The number of Topliss-reactive ketones (excluding diaryl/α,β-unsaturated/α-hetero) is 1. The van der Waals surface area contributed by atoms with Crippen LogP contribution < -0.4 is 5.32 Å². The summed E-state index contributed by atoms with van der Waals surface area (Å²) in [4.78, 5) is 41.4. The topological polar surface area (TPSA) is 103 Å². The quantitative estimate of drug-likeness (QED) is 0.326. The van der Waals surface area contributed by atoms with Crippen LogP contribution >= 0.6 is 22.9 Å². The number of hydrogen-bond donors (Lipinski definition) is 1. The number of carbonyl (C=O) groups is 2. The Morgan fingerprint density at radius 1 is 1.17 bits per heavy atom. The van der Waals surface area contributed by atoms with Gasteiger partial charge in [0.15, 0.2) is 5.78 Å². The van der Waals surface area contributed by atoms with E-state index in [4.69, 9.17) is 11.6 Å². The molecule has 4 rings (SSSR count). The lowest BCUT2D eigenvalue weighted by atomic mass is 10.0. The number of pyridine rings is 2. The normalized spacial score (nSPS) is 12.4. The molecule has 0 aliphatic heterocycles. The molecule has 0 fully saturated rings.